The molecule has 0 bridgehead atoms. The Morgan fingerprint density at radius 2 is 1.86 bits per heavy atom. The van der Waals surface area contributed by atoms with Crippen molar-refractivity contribution >= 4 is 5.78 Å². The largest absolute Gasteiger partial charge is 0.392 e. The number of fused-ring (bicyclic) bond motifs is 5. The number of rotatable bonds is 0. The highest BCUT2D eigenvalue weighted by Crippen LogP contribution is 2.65. The second-order valence-electron chi connectivity index (χ2n) is 8.97. The lowest BCUT2D eigenvalue weighted by atomic mass is 9.45. The maximum atomic E-state index is 12.4. The summed E-state index contributed by atoms with van der Waals surface area (Å²) >= 11 is 0. The molecule has 2 heteroatoms. The van der Waals surface area contributed by atoms with Crippen molar-refractivity contribution < 1.29 is 9.90 Å². The van der Waals surface area contributed by atoms with Gasteiger partial charge in [0.15, 0.2) is 0 Å². The summed E-state index contributed by atoms with van der Waals surface area (Å²) in [4.78, 5) is 12.4. The molecular formula is C19H30O2. The zero-order chi connectivity index (χ0) is 14.8. The van der Waals surface area contributed by atoms with Gasteiger partial charge in [-0.05, 0) is 61.7 Å². The van der Waals surface area contributed by atoms with Crippen LogP contribution in [0.1, 0.15) is 71.6 Å². The van der Waals surface area contributed by atoms with Crippen molar-refractivity contribution in [3.63, 3.8) is 0 Å². The lowest BCUT2D eigenvalue weighted by Crippen LogP contribution is -2.54. The van der Waals surface area contributed by atoms with Gasteiger partial charge in [0.1, 0.15) is 5.78 Å². The number of hydrogen-bond acceptors (Lipinski definition) is 2. The summed E-state index contributed by atoms with van der Waals surface area (Å²) in [6, 6.07) is 0. The molecule has 4 rings (SSSR count). The van der Waals surface area contributed by atoms with Gasteiger partial charge < -0.3 is 5.11 Å². The third-order valence-electron chi connectivity index (χ3n) is 8.28. The van der Waals surface area contributed by atoms with Crippen molar-refractivity contribution in [2.24, 2.45) is 34.5 Å². The minimum atomic E-state index is -0.362. The molecule has 0 aromatic carbocycles. The predicted octanol–water partition coefficient (Wildman–Crippen LogP) is 3.96. The second kappa shape index (κ2) is 4.57. The molecule has 7 unspecified atom stereocenters. The van der Waals surface area contributed by atoms with Crippen LogP contribution in [-0.4, -0.2) is 17.0 Å². The molecule has 0 radical (unpaired) electrons. The molecule has 21 heavy (non-hydrogen) atoms. The van der Waals surface area contributed by atoms with Gasteiger partial charge in [-0.3, -0.25) is 4.79 Å². The van der Waals surface area contributed by atoms with E-state index in [0.717, 1.165) is 18.3 Å². The first-order valence-electron chi connectivity index (χ1n) is 9.18. The molecule has 2 nitrogen and oxygen atoms in total. The highest BCUT2D eigenvalue weighted by Gasteiger charge is 2.62. The standard InChI is InChI=1S/C19H30O2/c1-18-9-4-3-5-12(18)6-7-13-14(18)8-10-19(2)16(21)11-15(20)17(13)19/h12-15,17,20H,3-11H2,1-2H3. The summed E-state index contributed by atoms with van der Waals surface area (Å²) in [7, 11) is 0. The molecule has 4 aliphatic rings. The van der Waals surface area contributed by atoms with Crippen LogP contribution < -0.4 is 0 Å². The van der Waals surface area contributed by atoms with E-state index in [0.29, 0.717) is 23.5 Å². The van der Waals surface area contributed by atoms with Crippen molar-refractivity contribution in [2.45, 2.75) is 77.7 Å². The van der Waals surface area contributed by atoms with Gasteiger partial charge in [-0.15, -0.1) is 0 Å². The Hall–Kier alpha value is -0.370. The molecule has 0 spiro atoms. The highest BCUT2D eigenvalue weighted by molar-refractivity contribution is 5.88. The lowest BCUT2D eigenvalue weighted by Gasteiger charge is -2.59. The van der Waals surface area contributed by atoms with Crippen molar-refractivity contribution in [3.8, 4) is 0 Å². The number of ketones is 1. The molecule has 0 aliphatic heterocycles. The molecule has 0 saturated heterocycles. The number of Topliss-reactive ketones (excluding diaryl/α,β-unsaturated/α-hetero) is 1. The first kappa shape index (κ1) is 14.2. The number of aliphatic hydroxyl groups excluding tert-OH is 1. The molecule has 4 aliphatic carbocycles. The fourth-order valence-corrected chi connectivity index (χ4v) is 7.13. The van der Waals surface area contributed by atoms with E-state index in [-0.39, 0.29) is 17.4 Å². The van der Waals surface area contributed by atoms with Crippen LogP contribution >= 0.6 is 0 Å². The minimum absolute atomic E-state index is 0.210. The lowest BCUT2D eigenvalue weighted by molar-refractivity contribution is -0.143. The molecular weight excluding hydrogens is 260 g/mol. The minimum Gasteiger partial charge on any atom is -0.392 e. The van der Waals surface area contributed by atoms with Gasteiger partial charge in [-0.1, -0.05) is 26.7 Å². The molecule has 0 amide bonds. The van der Waals surface area contributed by atoms with Crippen molar-refractivity contribution in [1.82, 2.24) is 0 Å². The molecule has 4 fully saturated rings. The molecule has 1 N–H and O–H groups in total. The normalized spacial score (nSPS) is 56.5. The van der Waals surface area contributed by atoms with Crippen LogP contribution in [0.25, 0.3) is 0 Å². The average Bonchev–Trinajstić information content (AvgIpc) is 2.68. The van der Waals surface area contributed by atoms with E-state index in [9.17, 15) is 9.90 Å². The van der Waals surface area contributed by atoms with E-state index in [2.05, 4.69) is 13.8 Å². The van der Waals surface area contributed by atoms with Gasteiger partial charge in [0.05, 0.1) is 6.10 Å². The maximum absolute atomic E-state index is 12.4. The summed E-state index contributed by atoms with van der Waals surface area (Å²) in [5.74, 6) is 2.86. The SMILES string of the molecule is CC12CCC3C(CCC4CCCCC43C)C1C(O)CC2=O. The fourth-order valence-electron chi connectivity index (χ4n) is 7.13. The summed E-state index contributed by atoms with van der Waals surface area (Å²) in [5.41, 5.74) is 0.284. The zero-order valence-corrected chi connectivity index (χ0v) is 13.6. The number of carbonyl (C=O) groups is 1. The van der Waals surface area contributed by atoms with Crippen LogP contribution in [-0.2, 0) is 4.79 Å². The Labute approximate surface area is 128 Å². The van der Waals surface area contributed by atoms with Crippen LogP contribution in [0.3, 0.4) is 0 Å². The Bertz CT molecular complexity index is 458. The molecule has 0 heterocycles. The van der Waals surface area contributed by atoms with Gasteiger partial charge in [0.25, 0.3) is 0 Å². The van der Waals surface area contributed by atoms with Gasteiger partial charge >= 0.3 is 0 Å². The van der Waals surface area contributed by atoms with Crippen LogP contribution in [0.15, 0.2) is 0 Å². The first-order chi connectivity index (χ1) is 9.97. The zero-order valence-electron chi connectivity index (χ0n) is 13.6. The highest BCUT2D eigenvalue weighted by atomic mass is 16.3. The third-order valence-corrected chi connectivity index (χ3v) is 8.28. The number of aliphatic hydroxyl groups is 1. The van der Waals surface area contributed by atoms with Gasteiger partial charge in [0.2, 0.25) is 0 Å². The van der Waals surface area contributed by atoms with Crippen LogP contribution in [0, 0.1) is 34.5 Å². The van der Waals surface area contributed by atoms with Gasteiger partial charge in [-0.25, -0.2) is 0 Å². The number of hydrogen-bond donors (Lipinski definition) is 1. The third kappa shape index (κ3) is 1.77. The Balaban J connectivity index is 1.69. The Kier molecular flexibility index (Phi) is 3.10. The molecule has 0 aromatic heterocycles. The first-order valence-corrected chi connectivity index (χ1v) is 9.18. The van der Waals surface area contributed by atoms with Crippen molar-refractivity contribution in [1.29, 1.82) is 0 Å². The second-order valence-corrected chi connectivity index (χ2v) is 8.97. The summed E-state index contributed by atoms with van der Waals surface area (Å²) < 4.78 is 0. The molecule has 7 atom stereocenters. The molecule has 4 saturated carbocycles. The van der Waals surface area contributed by atoms with Gasteiger partial charge in [-0.2, -0.15) is 0 Å². The van der Waals surface area contributed by atoms with Gasteiger partial charge in [0, 0.05) is 17.8 Å². The molecule has 118 valence electrons. The topological polar surface area (TPSA) is 37.3 Å². The quantitative estimate of drug-likeness (QED) is 0.733. The number of carbonyl (C=O) groups excluding carboxylic acids is 1. The summed E-state index contributed by atoms with van der Waals surface area (Å²) in [5, 5.41) is 10.6. The average molecular weight is 290 g/mol. The van der Waals surface area contributed by atoms with E-state index in [1.165, 1.54) is 44.9 Å². The van der Waals surface area contributed by atoms with Crippen LogP contribution in [0.5, 0.6) is 0 Å². The monoisotopic (exact) mass is 290 g/mol. The van der Waals surface area contributed by atoms with Crippen molar-refractivity contribution in [3.05, 3.63) is 0 Å². The maximum Gasteiger partial charge on any atom is 0.141 e. The van der Waals surface area contributed by atoms with Crippen molar-refractivity contribution in [2.75, 3.05) is 0 Å². The fraction of sp³-hybridized carbons (Fsp3) is 0.947. The van der Waals surface area contributed by atoms with E-state index < -0.39 is 0 Å². The van der Waals surface area contributed by atoms with Crippen LogP contribution in [0.4, 0.5) is 0 Å². The van der Waals surface area contributed by atoms with E-state index in [1.807, 2.05) is 0 Å². The van der Waals surface area contributed by atoms with Crippen LogP contribution in [0.2, 0.25) is 0 Å². The smallest absolute Gasteiger partial charge is 0.141 e. The summed E-state index contributed by atoms with van der Waals surface area (Å²) in [6.45, 7) is 4.70. The van der Waals surface area contributed by atoms with E-state index in [4.69, 9.17) is 0 Å². The van der Waals surface area contributed by atoms with E-state index >= 15 is 0 Å². The molecule has 0 aromatic rings. The Morgan fingerprint density at radius 3 is 2.67 bits per heavy atom. The Morgan fingerprint density at radius 1 is 1.05 bits per heavy atom. The summed E-state index contributed by atoms with van der Waals surface area (Å²) in [6.07, 6.45) is 10.5. The predicted molar refractivity (Wildman–Crippen MR) is 82.7 cm³/mol. The van der Waals surface area contributed by atoms with E-state index in [1.54, 1.807) is 0 Å².